The van der Waals surface area contributed by atoms with E-state index >= 15 is 0 Å². The number of aromatic nitrogens is 1. The predicted octanol–water partition coefficient (Wildman–Crippen LogP) is 3.72. The molecule has 1 aromatic carbocycles. The van der Waals surface area contributed by atoms with Crippen LogP contribution in [-0.4, -0.2) is 48.0 Å². The molecule has 0 spiro atoms. The van der Waals surface area contributed by atoms with Crippen molar-refractivity contribution in [1.29, 1.82) is 0 Å². The number of halogens is 1. The number of carbonyl (C=O) groups excluding carboxylic acids is 2. The van der Waals surface area contributed by atoms with E-state index in [9.17, 15) is 9.59 Å². The molecule has 2 rings (SSSR count). The number of nitrogens with one attached hydrogen (secondary N) is 1. The van der Waals surface area contributed by atoms with Gasteiger partial charge < -0.3 is 15.0 Å². The molecule has 0 radical (unpaired) electrons. The minimum Gasteiger partial charge on any atom is -0.382 e. The number of hydrogen-bond acceptors (Lipinski definition) is 5. The molecule has 2 amide bonds. The van der Waals surface area contributed by atoms with E-state index in [1.807, 2.05) is 31.4 Å². The number of benzene rings is 1. The van der Waals surface area contributed by atoms with E-state index in [0.717, 1.165) is 10.2 Å². The predicted molar refractivity (Wildman–Crippen MR) is 107 cm³/mol. The molecular formula is C18H22BrN3O3S. The first-order valence-electron chi connectivity index (χ1n) is 8.34. The van der Waals surface area contributed by atoms with Crippen molar-refractivity contribution >= 4 is 44.2 Å². The number of amides is 2. The minimum atomic E-state index is -0.263. The first-order chi connectivity index (χ1) is 12.5. The van der Waals surface area contributed by atoms with Gasteiger partial charge in [-0.2, -0.15) is 0 Å². The molecule has 1 N–H and O–H groups in total. The first-order valence-corrected chi connectivity index (χ1v) is 10.0. The Labute approximate surface area is 165 Å². The van der Waals surface area contributed by atoms with Gasteiger partial charge in [-0.05, 0) is 44.5 Å². The van der Waals surface area contributed by atoms with Gasteiger partial charge in [0.15, 0.2) is 5.13 Å². The van der Waals surface area contributed by atoms with Gasteiger partial charge in [0, 0.05) is 35.2 Å². The van der Waals surface area contributed by atoms with Crippen LogP contribution in [0.25, 0.3) is 0 Å². The van der Waals surface area contributed by atoms with E-state index in [4.69, 9.17) is 4.74 Å². The average molecular weight is 440 g/mol. The van der Waals surface area contributed by atoms with E-state index in [1.165, 1.54) is 16.2 Å². The SMILES string of the molecule is CCOCCCN(CC(=O)Nc1nc(C)cs1)C(=O)c1ccc(Br)cc1. The van der Waals surface area contributed by atoms with Crippen molar-refractivity contribution in [1.82, 2.24) is 9.88 Å². The third-order valence-corrected chi connectivity index (χ3v) is 4.90. The number of rotatable bonds is 9. The number of anilines is 1. The number of thiazole rings is 1. The zero-order valence-electron chi connectivity index (χ0n) is 14.8. The summed E-state index contributed by atoms with van der Waals surface area (Å²) < 4.78 is 6.23. The number of hydrogen-bond donors (Lipinski definition) is 1. The molecule has 26 heavy (non-hydrogen) atoms. The Hall–Kier alpha value is -1.77. The summed E-state index contributed by atoms with van der Waals surface area (Å²) in [4.78, 5) is 30.9. The zero-order valence-corrected chi connectivity index (χ0v) is 17.2. The number of ether oxygens (including phenoxy) is 1. The van der Waals surface area contributed by atoms with E-state index in [2.05, 4.69) is 26.2 Å². The molecule has 0 bridgehead atoms. The summed E-state index contributed by atoms with van der Waals surface area (Å²) in [5.41, 5.74) is 1.40. The maximum atomic E-state index is 12.8. The largest absolute Gasteiger partial charge is 0.382 e. The topological polar surface area (TPSA) is 71.5 Å². The Balaban J connectivity index is 2.02. The zero-order chi connectivity index (χ0) is 18.9. The summed E-state index contributed by atoms with van der Waals surface area (Å²) in [5, 5.41) is 5.15. The fourth-order valence-electron chi connectivity index (χ4n) is 2.27. The molecule has 2 aromatic rings. The molecule has 140 valence electrons. The van der Waals surface area contributed by atoms with Crippen molar-refractivity contribution in [2.45, 2.75) is 20.3 Å². The normalized spacial score (nSPS) is 10.6. The molecule has 0 saturated carbocycles. The molecule has 0 aliphatic rings. The van der Waals surface area contributed by atoms with Gasteiger partial charge in [-0.1, -0.05) is 15.9 Å². The number of aryl methyl sites for hydroxylation is 1. The summed E-state index contributed by atoms with van der Waals surface area (Å²) >= 11 is 4.72. The third kappa shape index (κ3) is 6.51. The van der Waals surface area contributed by atoms with Crippen LogP contribution in [0.4, 0.5) is 5.13 Å². The Morgan fingerprint density at radius 3 is 2.65 bits per heavy atom. The van der Waals surface area contributed by atoms with Crippen molar-refractivity contribution in [3.05, 3.63) is 45.4 Å². The van der Waals surface area contributed by atoms with Crippen molar-refractivity contribution in [3.63, 3.8) is 0 Å². The smallest absolute Gasteiger partial charge is 0.254 e. The monoisotopic (exact) mass is 439 g/mol. The summed E-state index contributed by atoms with van der Waals surface area (Å²) in [6.45, 7) is 5.38. The maximum absolute atomic E-state index is 12.8. The van der Waals surface area contributed by atoms with Crippen LogP contribution >= 0.6 is 27.3 Å². The Morgan fingerprint density at radius 1 is 1.31 bits per heavy atom. The highest BCUT2D eigenvalue weighted by molar-refractivity contribution is 9.10. The van der Waals surface area contributed by atoms with Crippen LogP contribution < -0.4 is 5.32 Å². The fraction of sp³-hybridized carbons (Fsp3) is 0.389. The van der Waals surface area contributed by atoms with Gasteiger partial charge in [0.1, 0.15) is 6.54 Å². The van der Waals surface area contributed by atoms with Crippen molar-refractivity contribution in [2.75, 3.05) is 31.6 Å². The molecule has 6 nitrogen and oxygen atoms in total. The lowest BCUT2D eigenvalue weighted by molar-refractivity contribution is -0.116. The molecule has 0 unspecified atom stereocenters. The van der Waals surface area contributed by atoms with Gasteiger partial charge in [-0.3, -0.25) is 9.59 Å². The molecule has 0 fully saturated rings. The Morgan fingerprint density at radius 2 is 2.04 bits per heavy atom. The number of nitrogens with zero attached hydrogens (tertiary/aromatic N) is 2. The van der Waals surface area contributed by atoms with Crippen molar-refractivity contribution in [3.8, 4) is 0 Å². The van der Waals surface area contributed by atoms with Gasteiger partial charge in [-0.15, -0.1) is 11.3 Å². The van der Waals surface area contributed by atoms with Gasteiger partial charge >= 0.3 is 0 Å². The quantitative estimate of drug-likeness (QED) is 0.604. The second kappa shape index (κ2) is 10.4. The minimum absolute atomic E-state index is 0.0281. The molecule has 0 atom stereocenters. The van der Waals surface area contributed by atoms with Crippen LogP contribution in [0.3, 0.4) is 0 Å². The van der Waals surface area contributed by atoms with E-state index in [0.29, 0.717) is 36.9 Å². The molecule has 1 heterocycles. The highest BCUT2D eigenvalue weighted by Crippen LogP contribution is 2.15. The highest BCUT2D eigenvalue weighted by atomic mass is 79.9. The van der Waals surface area contributed by atoms with Gasteiger partial charge in [0.25, 0.3) is 5.91 Å². The molecule has 0 saturated heterocycles. The Kier molecular flexibility index (Phi) is 8.21. The van der Waals surface area contributed by atoms with Crippen molar-refractivity contribution in [2.24, 2.45) is 0 Å². The average Bonchev–Trinajstić information content (AvgIpc) is 3.02. The van der Waals surface area contributed by atoms with Crippen LogP contribution in [0.15, 0.2) is 34.1 Å². The molecule has 0 aliphatic carbocycles. The van der Waals surface area contributed by atoms with E-state index < -0.39 is 0 Å². The summed E-state index contributed by atoms with van der Waals surface area (Å²) in [6, 6.07) is 7.10. The van der Waals surface area contributed by atoms with Crippen LogP contribution in [0, 0.1) is 6.92 Å². The molecular weight excluding hydrogens is 418 g/mol. The van der Waals surface area contributed by atoms with E-state index in [1.54, 1.807) is 12.1 Å². The maximum Gasteiger partial charge on any atom is 0.254 e. The lowest BCUT2D eigenvalue weighted by Crippen LogP contribution is -2.39. The van der Waals surface area contributed by atoms with Crippen molar-refractivity contribution < 1.29 is 14.3 Å². The van der Waals surface area contributed by atoms with Crippen LogP contribution in [-0.2, 0) is 9.53 Å². The second-order valence-corrected chi connectivity index (χ2v) is 7.40. The van der Waals surface area contributed by atoms with Crippen LogP contribution in [0.1, 0.15) is 29.4 Å². The lowest BCUT2D eigenvalue weighted by Gasteiger charge is -2.22. The summed E-state index contributed by atoms with van der Waals surface area (Å²) in [6.07, 6.45) is 0.666. The standard InChI is InChI=1S/C18H22BrN3O3S/c1-3-25-10-4-9-22(17(24)14-5-7-15(19)8-6-14)11-16(23)21-18-20-13(2)12-26-18/h5-8,12H,3-4,9-11H2,1-2H3,(H,20,21,23). The van der Waals surface area contributed by atoms with Crippen LogP contribution in [0.2, 0.25) is 0 Å². The molecule has 8 heteroatoms. The fourth-order valence-corrected chi connectivity index (χ4v) is 3.24. The van der Waals surface area contributed by atoms with Gasteiger partial charge in [0.05, 0.1) is 5.69 Å². The van der Waals surface area contributed by atoms with Gasteiger partial charge in [0.2, 0.25) is 5.91 Å². The summed E-state index contributed by atoms with van der Waals surface area (Å²) in [5.74, 6) is -0.444. The Bertz CT molecular complexity index is 734. The van der Waals surface area contributed by atoms with Crippen LogP contribution in [0.5, 0.6) is 0 Å². The van der Waals surface area contributed by atoms with E-state index in [-0.39, 0.29) is 18.4 Å². The summed E-state index contributed by atoms with van der Waals surface area (Å²) in [7, 11) is 0. The molecule has 1 aromatic heterocycles. The highest BCUT2D eigenvalue weighted by Gasteiger charge is 2.19. The second-order valence-electron chi connectivity index (χ2n) is 5.63. The van der Waals surface area contributed by atoms with Gasteiger partial charge in [-0.25, -0.2) is 4.98 Å². The number of carbonyl (C=O) groups is 2. The lowest BCUT2D eigenvalue weighted by atomic mass is 10.2. The molecule has 0 aliphatic heterocycles. The third-order valence-electron chi connectivity index (χ3n) is 3.50. The first kappa shape index (κ1) is 20.5.